The van der Waals surface area contributed by atoms with Gasteiger partial charge in [0, 0.05) is 10.6 Å². The van der Waals surface area contributed by atoms with Crippen LogP contribution in [-0.4, -0.2) is 34.1 Å². The summed E-state index contributed by atoms with van der Waals surface area (Å²) in [6.45, 7) is -0.283. The molecule has 0 saturated heterocycles. The summed E-state index contributed by atoms with van der Waals surface area (Å²) in [5.74, 6) is -0.425. The minimum absolute atomic E-state index is 0.0429. The standard InChI is InChI=1S/C14H13Cl3N4O2S/c1-20(2)24-11-5-8(3-4-9(11)15)19-12(22)7-21-14(23)13(17)10(16)6-18-21/h3-6H,7H2,1-2H3,(H,19,22). The van der Waals surface area contributed by atoms with Gasteiger partial charge in [-0.3, -0.25) is 13.9 Å². The third-order valence-electron chi connectivity index (χ3n) is 2.73. The van der Waals surface area contributed by atoms with Crippen molar-refractivity contribution in [3.8, 4) is 0 Å². The first kappa shape index (κ1) is 19.1. The Hall–Kier alpha value is -1.25. The third-order valence-corrected chi connectivity index (χ3v) is 4.82. The van der Waals surface area contributed by atoms with Crippen LogP contribution < -0.4 is 10.9 Å². The van der Waals surface area contributed by atoms with E-state index < -0.39 is 11.5 Å². The molecule has 0 aliphatic rings. The highest BCUT2D eigenvalue weighted by Crippen LogP contribution is 2.30. The van der Waals surface area contributed by atoms with E-state index in [0.29, 0.717) is 10.7 Å². The minimum Gasteiger partial charge on any atom is -0.324 e. The number of nitrogens with one attached hydrogen (secondary N) is 1. The number of halogens is 3. The Morgan fingerprint density at radius 3 is 2.67 bits per heavy atom. The molecule has 0 aliphatic carbocycles. The maximum atomic E-state index is 12.1. The smallest absolute Gasteiger partial charge is 0.287 e. The number of anilines is 1. The van der Waals surface area contributed by atoms with E-state index in [0.717, 1.165) is 9.58 Å². The van der Waals surface area contributed by atoms with E-state index in [1.807, 2.05) is 18.4 Å². The molecule has 1 aromatic carbocycles. The van der Waals surface area contributed by atoms with Crippen LogP contribution in [0.4, 0.5) is 5.69 Å². The summed E-state index contributed by atoms with van der Waals surface area (Å²) < 4.78 is 2.82. The Morgan fingerprint density at radius 2 is 2.00 bits per heavy atom. The van der Waals surface area contributed by atoms with Crippen molar-refractivity contribution < 1.29 is 4.79 Å². The number of aromatic nitrogens is 2. The lowest BCUT2D eigenvalue weighted by Gasteiger charge is -2.12. The van der Waals surface area contributed by atoms with Crippen molar-refractivity contribution in [3.63, 3.8) is 0 Å². The predicted molar refractivity (Wildman–Crippen MR) is 98.1 cm³/mol. The first-order valence-corrected chi connectivity index (χ1v) is 8.54. The van der Waals surface area contributed by atoms with Gasteiger partial charge in [0.25, 0.3) is 5.56 Å². The lowest BCUT2D eigenvalue weighted by molar-refractivity contribution is -0.117. The van der Waals surface area contributed by atoms with Crippen LogP contribution in [0.5, 0.6) is 0 Å². The maximum Gasteiger partial charge on any atom is 0.287 e. The number of nitrogens with zero attached hydrogens (tertiary/aromatic N) is 3. The Balaban J connectivity index is 2.13. The van der Waals surface area contributed by atoms with Crippen molar-refractivity contribution in [1.29, 1.82) is 0 Å². The second-order valence-corrected chi connectivity index (χ2v) is 7.41. The molecule has 6 nitrogen and oxygen atoms in total. The second kappa shape index (κ2) is 8.22. The van der Waals surface area contributed by atoms with Crippen LogP contribution in [0.25, 0.3) is 0 Å². The molecule has 1 aromatic heterocycles. The minimum atomic E-state index is -0.626. The van der Waals surface area contributed by atoms with Gasteiger partial charge >= 0.3 is 0 Å². The molecule has 128 valence electrons. The van der Waals surface area contributed by atoms with Gasteiger partial charge in [-0.2, -0.15) is 5.10 Å². The first-order valence-electron chi connectivity index (χ1n) is 6.63. The van der Waals surface area contributed by atoms with E-state index >= 15 is 0 Å². The Morgan fingerprint density at radius 1 is 1.29 bits per heavy atom. The highest BCUT2D eigenvalue weighted by molar-refractivity contribution is 7.97. The van der Waals surface area contributed by atoms with Gasteiger partial charge in [-0.25, -0.2) is 4.68 Å². The molecular formula is C14H13Cl3N4O2S. The number of hydrogen-bond donors (Lipinski definition) is 1. The highest BCUT2D eigenvalue weighted by Gasteiger charge is 2.12. The molecule has 0 saturated carbocycles. The predicted octanol–water partition coefficient (Wildman–Crippen LogP) is 3.41. The second-order valence-electron chi connectivity index (χ2n) is 4.87. The van der Waals surface area contributed by atoms with Crippen molar-refractivity contribution in [1.82, 2.24) is 14.1 Å². The molecule has 2 rings (SSSR count). The number of amides is 1. The maximum absolute atomic E-state index is 12.1. The molecule has 24 heavy (non-hydrogen) atoms. The molecule has 1 amide bonds. The molecule has 0 atom stereocenters. The number of rotatable bonds is 5. The van der Waals surface area contributed by atoms with Gasteiger partial charge in [-0.1, -0.05) is 34.8 Å². The van der Waals surface area contributed by atoms with Crippen LogP contribution in [0.2, 0.25) is 15.1 Å². The third kappa shape index (κ3) is 4.87. The summed E-state index contributed by atoms with van der Waals surface area (Å²) in [7, 11) is 3.77. The van der Waals surface area contributed by atoms with Crippen molar-refractivity contribution in [2.45, 2.75) is 11.4 Å². The van der Waals surface area contributed by atoms with Gasteiger partial charge in [0.1, 0.15) is 11.6 Å². The number of carbonyl (C=O) groups is 1. The van der Waals surface area contributed by atoms with Crippen molar-refractivity contribution in [2.75, 3.05) is 19.4 Å². The van der Waals surface area contributed by atoms with Gasteiger partial charge in [0.2, 0.25) is 5.91 Å². The summed E-state index contributed by atoms with van der Waals surface area (Å²) in [4.78, 5) is 24.8. The summed E-state index contributed by atoms with van der Waals surface area (Å²) >= 11 is 19.0. The molecule has 0 unspecified atom stereocenters. The van der Waals surface area contributed by atoms with E-state index in [1.54, 1.807) is 18.2 Å². The van der Waals surface area contributed by atoms with Crippen molar-refractivity contribution >= 4 is 58.3 Å². The SMILES string of the molecule is CN(C)Sc1cc(NC(=O)Cn2ncc(Cl)c(Cl)c2=O)ccc1Cl. The fourth-order valence-corrected chi connectivity index (χ4v) is 2.96. The number of hydrogen-bond acceptors (Lipinski definition) is 5. The summed E-state index contributed by atoms with van der Waals surface area (Å²) in [5, 5.41) is 6.92. The average molecular weight is 408 g/mol. The topological polar surface area (TPSA) is 67.2 Å². The summed E-state index contributed by atoms with van der Waals surface area (Å²) in [5.41, 5.74) is -0.0684. The van der Waals surface area contributed by atoms with Crippen LogP contribution >= 0.6 is 46.8 Å². The molecule has 0 radical (unpaired) electrons. The van der Waals surface area contributed by atoms with Crippen LogP contribution in [0, 0.1) is 0 Å². The zero-order valence-electron chi connectivity index (χ0n) is 12.7. The van der Waals surface area contributed by atoms with E-state index in [9.17, 15) is 9.59 Å². The van der Waals surface area contributed by atoms with Gasteiger partial charge in [0.05, 0.1) is 16.2 Å². The zero-order chi connectivity index (χ0) is 17.9. The highest BCUT2D eigenvalue weighted by atomic mass is 35.5. The summed E-state index contributed by atoms with van der Waals surface area (Å²) in [6.07, 6.45) is 1.21. The fourth-order valence-electron chi connectivity index (χ4n) is 1.74. The molecule has 1 N–H and O–H groups in total. The molecule has 0 fully saturated rings. The van der Waals surface area contributed by atoms with E-state index in [4.69, 9.17) is 34.8 Å². The van der Waals surface area contributed by atoms with Crippen LogP contribution in [0.15, 0.2) is 34.1 Å². The fraction of sp³-hybridized carbons (Fsp3) is 0.214. The van der Waals surface area contributed by atoms with E-state index in [-0.39, 0.29) is 16.6 Å². The van der Waals surface area contributed by atoms with Crippen LogP contribution in [0.3, 0.4) is 0 Å². The quantitative estimate of drug-likeness (QED) is 0.769. The van der Waals surface area contributed by atoms with Gasteiger partial charge < -0.3 is 5.32 Å². The molecule has 0 aliphatic heterocycles. The largest absolute Gasteiger partial charge is 0.324 e. The van der Waals surface area contributed by atoms with Gasteiger partial charge in [-0.15, -0.1) is 0 Å². The molecule has 0 spiro atoms. The first-order chi connectivity index (χ1) is 11.3. The normalized spacial score (nSPS) is 10.9. The van der Waals surface area contributed by atoms with Crippen molar-refractivity contribution in [2.24, 2.45) is 0 Å². The van der Waals surface area contributed by atoms with Crippen LogP contribution in [-0.2, 0) is 11.3 Å². The monoisotopic (exact) mass is 406 g/mol. The lowest BCUT2D eigenvalue weighted by Crippen LogP contribution is -2.29. The number of carbonyl (C=O) groups excluding carboxylic acids is 1. The molecule has 0 bridgehead atoms. The van der Waals surface area contributed by atoms with E-state index in [2.05, 4.69) is 10.4 Å². The average Bonchev–Trinajstić information content (AvgIpc) is 2.51. The molecule has 2 aromatic rings. The lowest BCUT2D eigenvalue weighted by atomic mass is 10.3. The van der Waals surface area contributed by atoms with Crippen LogP contribution in [0.1, 0.15) is 0 Å². The summed E-state index contributed by atoms with van der Waals surface area (Å²) in [6, 6.07) is 5.10. The molecule has 1 heterocycles. The Kier molecular flexibility index (Phi) is 6.54. The Bertz CT molecular complexity index is 826. The molecular weight excluding hydrogens is 395 g/mol. The molecule has 10 heteroatoms. The number of benzene rings is 1. The van der Waals surface area contributed by atoms with Gasteiger partial charge in [-0.05, 0) is 44.2 Å². The zero-order valence-corrected chi connectivity index (χ0v) is 15.8. The van der Waals surface area contributed by atoms with Gasteiger partial charge in [0.15, 0.2) is 0 Å². The van der Waals surface area contributed by atoms with E-state index in [1.165, 1.54) is 18.1 Å². The van der Waals surface area contributed by atoms with Crippen molar-refractivity contribution in [3.05, 3.63) is 49.8 Å². The Labute approximate surface area is 157 Å².